The fourth-order valence-electron chi connectivity index (χ4n) is 3.73. The number of amides is 1. The molecule has 0 radical (unpaired) electrons. The van der Waals surface area contributed by atoms with E-state index in [-0.39, 0.29) is 41.9 Å². The van der Waals surface area contributed by atoms with Crippen LogP contribution in [0.4, 0.5) is 0 Å². The molecule has 1 amide bonds. The van der Waals surface area contributed by atoms with Crippen molar-refractivity contribution in [3.8, 4) is 5.75 Å². The predicted octanol–water partition coefficient (Wildman–Crippen LogP) is 2.87. The summed E-state index contributed by atoms with van der Waals surface area (Å²) in [6.45, 7) is 7.04. The van der Waals surface area contributed by atoms with Gasteiger partial charge in [-0.2, -0.15) is 0 Å². The summed E-state index contributed by atoms with van der Waals surface area (Å²) in [5, 5.41) is 4.08. The molecule has 0 saturated carbocycles. The molecule has 2 aliphatic rings. The number of benzene rings is 1. The highest BCUT2D eigenvalue weighted by Gasteiger charge is 2.30. The van der Waals surface area contributed by atoms with Crippen LogP contribution in [-0.4, -0.2) is 80.8 Å². The molecule has 1 unspecified atom stereocenters. The number of guanidine groups is 1. The van der Waals surface area contributed by atoms with E-state index in [1.165, 1.54) is 0 Å². The van der Waals surface area contributed by atoms with Gasteiger partial charge < -0.3 is 24.6 Å². The van der Waals surface area contributed by atoms with Gasteiger partial charge in [0.25, 0.3) is 0 Å². The monoisotopic (exact) mass is 550 g/mol. The molecule has 1 atom stereocenters. The molecule has 30 heavy (non-hydrogen) atoms. The molecule has 2 saturated heterocycles. The van der Waals surface area contributed by atoms with Crippen molar-refractivity contribution in [3.63, 3.8) is 0 Å². The molecule has 1 aromatic carbocycles. The molecule has 0 aliphatic carbocycles. The summed E-state index contributed by atoms with van der Waals surface area (Å²) in [5.41, 5.74) is 0. The summed E-state index contributed by atoms with van der Waals surface area (Å²) in [6.07, 6.45) is 1.69. The van der Waals surface area contributed by atoms with Crippen LogP contribution in [-0.2, 0) is 9.53 Å². The third kappa shape index (κ3) is 7.16. The maximum Gasteiger partial charge on any atom is 0.225 e. The van der Waals surface area contributed by atoms with Crippen molar-refractivity contribution in [1.82, 2.24) is 15.1 Å². The molecule has 2 aliphatic heterocycles. The second-order valence-corrected chi connectivity index (χ2v) is 7.95. The summed E-state index contributed by atoms with van der Waals surface area (Å²) >= 11 is 5.91. The molecule has 2 heterocycles. The SMILES string of the molecule is CN=C(NCC(C)Oc1ccc(Cl)cc1)N1CCC(C(=O)N2CCOCC2)CC1.I. The highest BCUT2D eigenvalue weighted by molar-refractivity contribution is 14.0. The van der Waals surface area contributed by atoms with Crippen molar-refractivity contribution in [3.05, 3.63) is 29.3 Å². The van der Waals surface area contributed by atoms with Gasteiger partial charge in [0.15, 0.2) is 5.96 Å². The number of carbonyl (C=O) groups is 1. The minimum atomic E-state index is -0.0200. The summed E-state index contributed by atoms with van der Waals surface area (Å²) in [7, 11) is 1.79. The van der Waals surface area contributed by atoms with Gasteiger partial charge >= 0.3 is 0 Å². The number of morpholine rings is 1. The zero-order valence-corrected chi connectivity index (χ0v) is 20.8. The minimum Gasteiger partial charge on any atom is -0.489 e. The van der Waals surface area contributed by atoms with Gasteiger partial charge in [0.1, 0.15) is 11.9 Å². The number of carbonyl (C=O) groups excluding carboxylic acids is 1. The summed E-state index contributed by atoms with van der Waals surface area (Å²) in [4.78, 5) is 21.3. The number of piperidine rings is 1. The number of nitrogens with zero attached hydrogens (tertiary/aromatic N) is 3. The molecule has 3 rings (SSSR count). The summed E-state index contributed by atoms with van der Waals surface area (Å²) < 4.78 is 11.3. The van der Waals surface area contributed by atoms with Gasteiger partial charge in [0, 0.05) is 44.2 Å². The molecule has 9 heteroatoms. The molecule has 0 aromatic heterocycles. The van der Waals surface area contributed by atoms with E-state index in [0.717, 1.165) is 37.6 Å². The Labute approximate surface area is 201 Å². The van der Waals surface area contributed by atoms with Gasteiger partial charge in [-0.15, -0.1) is 24.0 Å². The fourth-order valence-corrected chi connectivity index (χ4v) is 3.86. The van der Waals surface area contributed by atoms with Crippen molar-refractivity contribution in [2.24, 2.45) is 10.9 Å². The molecule has 7 nitrogen and oxygen atoms in total. The van der Waals surface area contributed by atoms with Crippen molar-refractivity contribution in [2.45, 2.75) is 25.9 Å². The Hall–Kier alpha value is -1.26. The first kappa shape index (κ1) is 25.0. The van der Waals surface area contributed by atoms with Crippen molar-refractivity contribution >= 4 is 47.4 Å². The maximum absolute atomic E-state index is 12.7. The van der Waals surface area contributed by atoms with E-state index >= 15 is 0 Å². The van der Waals surface area contributed by atoms with Gasteiger partial charge in [-0.3, -0.25) is 9.79 Å². The van der Waals surface area contributed by atoms with Gasteiger partial charge in [0.2, 0.25) is 5.91 Å². The van der Waals surface area contributed by atoms with E-state index in [1.54, 1.807) is 7.05 Å². The van der Waals surface area contributed by atoms with Crippen LogP contribution in [0.3, 0.4) is 0 Å². The molecule has 2 fully saturated rings. The Morgan fingerprint density at radius 1 is 1.20 bits per heavy atom. The Bertz CT molecular complexity index is 690. The number of rotatable bonds is 5. The highest BCUT2D eigenvalue weighted by atomic mass is 127. The lowest BCUT2D eigenvalue weighted by atomic mass is 9.95. The zero-order valence-electron chi connectivity index (χ0n) is 17.7. The van der Waals surface area contributed by atoms with Crippen LogP contribution < -0.4 is 10.1 Å². The summed E-state index contributed by atoms with van der Waals surface area (Å²) in [6, 6.07) is 7.37. The van der Waals surface area contributed by atoms with Crippen molar-refractivity contribution in [1.29, 1.82) is 0 Å². The van der Waals surface area contributed by atoms with E-state index in [1.807, 2.05) is 36.1 Å². The van der Waals surface area contributed by atoms with Gasteiger partial charge in [0.05, 0.1) is 19.8 Å². The number of likely N-dealkylation sites (tertiary alicyclic amines) is 1. The van der Waals surface area contributed by atoms with E-state index in [4.69, 9.17) is 21.1 Å². The lowest BCUT2D eigenvalue weighted by molar-refractivity contribution is -0.140. The average molecular weight is 551 g/mol. The number of hydrogen-bond donors (Lipinski definition) is 1. The van der Waals surface area contributed by atoms with E-state index in [2.05, 4.69) is 15.2 Å². The Morgan fingerprint density at radius 3 is 2.43 bits per heavy atom. The van der Waals surface area contributed by atoms with E-state index in [0.29, 0.717) is 37.9 Å². The molecular weight excluding hydrogens is 519 g/mol. The Morgan fingerprint density at radius 2 is 1.83 bits per heavy atom. The average Bonchev–Trinajstić information content (AvgIpc) is 2.76. The van der Waals surface area contributed by atoms with Crippen LogP contribution >= 0.6 is 35.6 Å². The van der Waals surface area contributed by atoms with Crippen LogP contribution in [0.25, 0.3) is 0 Å². The van der Waals surface area contributed by atoms with E-state index < -0.39 is 0 Å². The first-order valence-electron chi connectivity index (χ1n) is 10.3. The fraction of sp³-hybridized carbons (Fsp3) is 0.619. The lowest BCUT2D eigenvalue weighted by Gasteiger charge is -2.37. The van der Waals surface area contributed by atoms with Crippen molar-refractivity contribution < 1.29 is 14.3 Å². The van der Waals surface area contributed by atoms with Crippen LogP contribution in [0.15, 0.2) is 29.3 Å². The van der Waals surface area contributed by atoms with Crippen LogP contribution in [0.1, 0.15) is 19.8 Å². The Balaban J connectivity index is 0.00000320. The third-order valence-electron chi connectivity index (χ3n) is 5.38. The quantitative estimate of drug-likeness (QED) is 0.347. The number of ether oxygens (including phenoxy) is 2. The zero-order chi connectivity index (χ0) is 20.6. The minimum absolute atomic E-state index is 0. The van der Waals surface area contributed by atoms with E-state index in [9.17, 15) is 4.79 Å². The molecule has 1 N–H and O–H groups in total. The summed E-state index contributed by atoms with van der Waals surface area (Å²) in [5.74, 6) is 2.03. The smallest absolute Gasteiger partial charge is 0.225 e. The first-order valence-corrected chi connectivity index (χ1v) is 10.7. The van der Waals surface area contributed by atoms with Gasteiger partial charge in [-0.1, -0.05) is 11.6 Å². The predicted molar refractivity (Wildman–Crippen MR) is 130 cm³/mol. The molecule has 0 bridgehead atoms. The lowest BCUT2D eigenvalue weighted by Crippen LogP contribution is -2.50. The molecular formula is C21H32ClIN4O3. The largest absolute Gasteiger partial charge is 0.489 e. The normalized spacial score (nSPS) is 19.1. The third-order valence-corrected chi connectivity index (χ3v) is 5.63. The van der Waals surface area contributed by atoms with Crippen molar-refractivity contribution in [2.75, 3.05) is 53.0 Å². The van der Waals surface area contributed by atoms with Crippen LogP contribution in [0, 0.1) is 5.92 Å². The number of nitrogens with one attached hydrogen (secondary N) is 1. The topological polar surface area (TPSA) is 66.4 Å². The standard InChI is InChI=1S/C21H31ClN4O3.HI/c1-16(29-19-5-3-18(22)4-6-19)15-24-21(23-2)26-9-7-17(8-10-26)20(27)25-11-13-28-14-12-25;/h3-6,16-17H,7-15H2,1-2H3,(H,23,24);1H. The molecule has 168 valence electrons. The highest BCUT2D eigenvalue weighted by Crippen LogP contribution is 2.21. The number of aliphatic imine (C=N–C) groups is 1. The second-order valence-electron chi connectivity index (χ2n) is 7.51. The second kappa shape index (κ2) is 12.6. The van der Waals surface area contributed by atoms with Crippen LogP contribution in [0.2, 0.25) is 5.02 Å². The first-order chi connectivity index (χ1) is 14.1. The number of halogens is 2. The van der Waals surface area contributed by atoms with Gasteiger partial charge in [-0.05, 0) is 44.0 Å². The maximum atomic E-state index is 12.7. The Kier molecular flexibility index (Phi) is 10.5. The molecule has 0 spiro atoms. The molecule has 1 aromatic rings. The van der Waals surface area contributed by atoms with Crippen LogP contribution in [0.5, 0.6) is 5.75 Å². The number of hydrogen-bond acceptors (Lipinski definition) is 4. The van der Waals surface area contributed by atoms with Gasteiger partial charge in [-0.25, -0.2) is 0 Å².